The third-order valence-electron chi connectivity index (χ3n) is 3.77. The minimum absolute atomic E-state index is 0.0165. The molecule has 2 aromatic rings. The highest BCUT2D eigenvalue weighted by atomic mass is 16.1. The molecule has 0 atom stereocenters. The molecule has 0 heterocycles. The van der Waals surface area contributed by atoms with E-state index in [4.69, 9.17) is 11.5 Å². The fourth-order valence-electron chi connectivity index (χ4n) is 2.55. The fraction of sp³-hybridized carbons (Fsp3) is 0.105. The first-order valence-electron chi connectivity index (χ1n) is 7.23. The van der Waals surface area contributed by atoms with Crippen LogP contribution < -0.4 is 11.5 Å². The minimum Gasteiger partial charge on any atom is -0.310 e. The fourth-order valence-corrected chi connectivity index (χ4v) is 2.55. The molecular weight excluding hydrogens is 272 g/mol. The largest absolute Gasteiger partial charge is 0.310 e. The van der Waals surface area contributed by atoms with Gasteiger partial charge in [0.2, 0.25) is 0 Å². The normalized spacial score (nSPS) is 16.2. The summed E-state index contributed by atoms with van der Waals surface area (Å²) in [5.41, 5.74) is 14.2. The summed E-state index contributed by atoms with van der Waals surface area (Å²) in [5, 5.41) is 0. The van der Waals surface area contributed by atoms with Crippen molar-refractivity contribution in [1.82, 2.24) is 0 Å². The molecule has 2 aromatic carbocycles. The van der Waals surface area contributed by atoms with Gasteiger partial charge < -0.3 is 11.5 Å². The lowest BCUT2D eigenvalue weighted by Gasteiger charge is -2.23. The summed E-state index contributed by atoms with van der Waals surface area (Å²) in [4.78, 5) is 12.7. The third kappa shape index (κ3) is 2.91. The lowest BCUT2D eigenvalue weighted by atomic mass is 9.89. The van der Waals surface area contributed by atoms with E-state index in [0.29, 0.717) is 17.5 Å². The summed E-state index contributed by atoms with van der Waals surface area (Å²) >= 11 is 0. The Morgan fingerprint density at radius 3 is 2.32 bits per heavy atom. The van der Waals surface area contributed by atoms with Crippen molar-refractivity contribution in [3.8, 4) is 0 Å². The lowest BCUT2D eigenvalue weighted by Crippen LogP contribution is -2.47. The van der Waals surface area contributed by atoms with Crippen LogP contribution in [0, 0.1) is 0 Å². The van der Waals surface area contributed by atoms with Gasteiger partial charge >= 0.3 is 0 Å². The maximum Gasteiger partial charge on any atom is 0.193 e. The predicted octanol–water partition coefficient (Wildman–Crippen LogP) is 2.87. The van der Waals surface area contributed by atoms with Crippen molar-refractivity contribution >= 4 is 11.4 Å². The molecule has 110 valence electrons. The Morgan fingerprint density at radius 2 is 1.64 bits per heavy atom. The van der Waals surface area contributed by atoms with Gasteiger partial charge in [-0.05, 0) is 17.2 Å². The van der Waals surface area contributed by atoms with Crippen LogP contribution in [0.15, 0.2) is 72.8 Å². The van der Waals surface area contributed by atoms with Gasteiger partial charge in [-0.2, -0.15) is 0 Å². The van der Waals surface area contributed by atoms with Crippen molar-refractivity contribution < 1.29 is 4.79 Å². The van der Waals surface area contributed by atoms with Crippen LogP contribution in [-0.2, 0) is 0 Å². The highest BCUT2D eigenvalue weighted by Crippen LogP contribution is 2.27. The number of benzene rings is 2. The molecule has 1 aliphatic rings. The number of allylic oxidation sites excluding steroid dienone is 2. The Bertz CT molecular complexity index is 758. The Kier molecular flexibility index (Phi) is 3.75. The molecule has 0 saturated heterocycles. The van der Waals surface area contributed by atoms with Gasteiger partial charge in [-0.15, -0.1) is 0 Å². The molecular formula is C19H18N2O. The van der Waals surface area contributed by atoms with Crippen LogP contribution in [0.3, 0.4) is 0 Å². The zero-order valence-electron chi connectivity index (χ0n) is 12.2. The summed E-state index contributed by atoms with van der Waals surface area (Å²) in [6.07, 6.45) is 6.20. The van der Waals surface area contributed by atoms with Crippen LogP contribution in [0.4, 0.5) is 0 Å². The summed E-state index contributed by atoms with van der Waals surface area (Å²) in [7, 11) is 0. The molecule has 0 amide bonds. The van der Waals surface area contributed by atoms with E-state index >= 15 is 0 Å². The van der Waals surface area contributed by atoms with Crippen LogP contribution in [0.5, 0.6) is 0 Å². The first-order chi connectivity index (χ1) is 10.6. The van der Waals surface area contributed by atoms with Crippen LogP contribution >= 0.6 is 0 Å². The van der Waals surface area contributed by atoms with E-state index in [2.05, 4.69) is 0 Å². The van der Waals surface area contributed by atoms with Gasteiger partial charge in [0.25, 0.3) is 0 Å². The second-order valence-corrected chi connectivity index (χ2v) is 5.55. The average Bonchev–Trinajstić information content (AvgIpc) is 2.55. The van der Waals surface area contributed by atoms with Gasteiger partial charge in [0.15, 0.2) is 5.78 Å². The summed E-state index contributed by atoms with van der Waals surface area (Å²) < 4.78 is 0. The van der Waals surface area contributed by atoms with Gasteiger partial charge in [0.1, 0.15) is 0 Å². The number of hydrogen-bond acceptors (Lipinski definition) is 3. The molecule has 3 nitrogen and oxygen atoms in total. The van der Waals surface area contributed by atoms with E-state index in [1.807, 2.05) is 66.7 Å². The van der Waals surface area contributed by atoms with E-state index in [9.17, 15) is 4.79 Å². The molecule has 0 saturated carbocycles. The summed E-state index contributed by atoms with van der Waals surface area (Å²) in [6, 6.07) is 16.9. The van der Waals surface area contributed by atoms with Gasteiger partial charge in [0.05, 0.1) is 5.66 Å². The van der Waals surface area contributed by atoms with Crippen molar-refractivity contribution in [2.45, 2.75) is 12.1 Å². The second-order valence-electron chi connectivity index (χ2n) is 5.55. The van der Waals surface area contributed by atoms with Crippen molar-refractivity contribution in [3.63, 3.8) is 0 Å². The van der Waals surface area contributed by atoms with Crippen molar-refractivity contribution in [2.75, 3.05) is 0 Å². The standard InChI is InChI=1S/C19H18N2O/c20-19(21)12-10-14(11-13-19)16-8-4-5-9-17(16)18(22)15-6-2-1-3-7-15/h1-12H,13,20-21H2. The smallest absolute Gasteiger partial charge is 0.193 e. The number of carbonyl (C=O) groups excluding carboxylic acids is 1. The molecule has 0 radical (unpaired) electrons. The van der Waals surface area contributed by atoms with Gasteiger partial charge in [-0.3, -0.25) is 4.79 Å². The molecule has 0 spiro atoms. The Morgan fingerprint density at radius 1 is 0.955 bits per heavy atom. The van der Waals surface area contributed by atoms with E-state index in [1.54, 1.807) is 6.08 Å². The molecule has 1 aliphatic carbocycles. The average molecular weight is 290 g/mol. The van der Waals surface area contributed by atoms with Crippen LogP contribution in [0.2, 0.25) is 0 Å². The molecule has 3 heteroatoms. The SMILES string of the molecule is NC1(N)C=CC(c2ccccc2C(=O)c2ccccc2)=CC1. The highest BCUT2D eigenvalue weighted by molar-refractivity contribution is 6.12. The summed E-state index contributed by atoms with van der Waals surface area (Å²) in [6.45, 7) is 0. The maximum absolute atomic E-state index is 12.7. The van der Waals surface area contributed by atoms with Crippen molar-refractivity contribution in [3.05, 3.63) is 89.5 Å². The van der Waals surface area contributed by atoms with Crippen molar-refractivity contribution in [1.29, 1.82) is 0 Å². The highest BCUT2D eigenvalue weighted by Gasteiger charge is 2.20. The number of hydrogen-bond donors (Lipinski definition) is 2. The number of carbonyl (C=O) groups is 1. The molecule has 0 fully saturated rings. The van der Waals surface area contributed by atoms with Crippen LogP contribution in [0.1, 0.15) is 27.9 Å². The number of nitrogens with two attached hydrogens (primary N) is 2. The zero-order valence-corrected chi connectivity index (χ0v) is 12.2. The minimum atomic E-state index is -0.804. The Balaban J connectivity index is 2.00. The van der Waals surface area contributed by atoms with Gasteiger partial charge in [0, 0.05) is 17.5 Å². The molecule has 4 N–H and O–H groups in total. The van der Waals surface area contributed by atoms with E-state index in [-0.39, 0.29) is 5.78 Å². The Hall–Kier alpha value is -2.49. The first kappa shape index (κ1) is 14.4. The van der Waals surface area contributed by atoms with Gasteiger partial charge in [-0.1, -0.05) is 66.7 Å². The van der Waals surface area contributed by atoms with E-state index in [0.717, 1.165) is 11.1 Å². The third-order valence-corrected chi connectivity index (χ3v) is 3.77. The zero-order chi connectivity index (χ0) is 15.6. The molecule has 0 unspecified atom stereocenters. The maximum atomic E-state index is 12.7. The predicted molar refractivity (Wildman–Crippen MR) is 89.2 cm³/mol. The van der Waals surface area contributed by atoms with E-state index < -0.39 is 5.66 Å². The second kappa shape index (κ2) is 5.72. The summed E-state index contributed by atoms with van der Waals surface area (Å²) in [5.74, 6) is 0.0165. The molecule has 0 bridgehead atoms. The molecule has 22 heavy (non-hydrogen) atoms. The monoisotopic (exact) mass is 290 g/mol. The molecule has 0 aromatic heterocycles. The quantitative estimate of drug-likeness (QED) is 0.674. The number of ketones is 1. The van der Waals surface area contributed by atoms with Crippen LogP contribution in [0.25, 0.3) is 5.57 Å². The molecule has 3 rings (SSSR count). The molecule has 0 aliphatic heterocycles. The van der Waals surface area contributed by atoms with Crippen LogP contribution in [-0.4, -0.2) is 11.4 Å². The van der Waals surface area contributed by atoms with E-state index in [1.165, 1.54) is 0 Å². The Labute approximate surface area is 129 Å². The van der Waals surface area contributed by atoms with Crippen molar-refractivity contribution in [2.24, 2.45) is 11.5 Å². The van der Waals surface area contributed by atoms with Gasteiger partial charge in [-0.25, -0.2) is 0 Å². The first-order valence-corrected chi connectivity index (χ1v) is 7.23. The number of rotatable bonds is 3. The lowest BCUT2D eigenvalue weighted by molar-refractivity contribution is 0.103. The topological polar surface area (TPSA) is 69.1 Å².